The van der Waals surface area contributed by atoms with Crippen LogP contribution in [0.25, 0.3) is 0 Å². The number of hydrogen-bond acceptors (Lipinski definition) is 3. The van der Waals surface area contributed by atoms with Gasteiger partial charge in [0.15, 0.2) is 0 Å². The van der Waals surface area contributed by atoms with Gasteiger partial charge in [-0.15, -0.1) is 0 Å². The van der Waals surface area contributed by atoms with Gasteiger partial charge >= 0.3 is 0 Å². The summed E-state index contributed by atoms with van der Waals surface area (Å²) in [7, 11) is 0. The lowest BCUT2D eigenvalue weighted by molar-refractivity contribution is -0.130. The van der Waals surface area contributed by atoms with Crippen molar-refractivity contribution in [2.45, 2.75) is 64.3 Å². The molecule has 0 aromatic heterocycles. The number of hydrogen-bond donors (Lipinski definition) is 1. The van der Waals surface area contributed by atoms with Gasteiger partial charge in [-0.3, -0.25) is 4.90 Å². The Morgan fingerprint density at radius 2 is 2.00 bits per heavy atom. The van der Waals surface area contributed by atoms with Crippen molar-refractivity contribution in [3.05, 3.63) is 0 Å². The van der Waals surface area contributed by atoms with Crippen LogP contribution in [0.1, 0.15) is 46.0 Å². The van der Waals surface area contributed by atoms with Crippen LogP contribution >= 0.6 is 0 Å². The van der Waals surface area contributed by atoms with Crippen LogP contribution in [0.4, 0.5) is 0 Å². The van der Waals surface area contributed by atoms with Crippen LogP contribution < -0.4 is 5.32 Å². The smallest absolute Gasteiger partial charge is 0.0756 e. The van der Waals surface area contributed by atoms with Crippen LogP contribution in [-0.2, 0) is 4.74 Å². The van der Waals surface area contributed by atoms with E-state index in [1.165, 1.54) is 38.6 Å². The zero-order valence-corrected chi connectivity index (χ0v) is 11.9. The average Bonchev–Trinajstić information content (AvgIpc) is 2.40. The Bertz CT molecular complexity index is 276. The predicted octanol–water partition coefficient (Wildman–Crippen LogP) is 2.22. The standard InChI is InChI=1S/C15H28N2O/c1-11-6-7-14(16-10-11)17-8-9-18-15-12(2)4-3-5-13(15)17/h11-16H,3-10H2,1-2H3. The minimum Gasteiger partial charge on any atom is -0.375 e. The minimum atomic E-state index is 0.494. The number of piperidine rings is 1. The highest BCUT2D eigenvalue weighted by molar-refractivity contribution is 4.93. The molecule has 3 aliphatic rings. The molecule has 3 heteroatoms. The molecule has 104 valence electrons. The van der Waals surface area contributed by atoms with Crippen LogP contribution in [0.5, 0.6) is 0 Å². The predicted molar refractivity (Wildman–Crippen MR) is 73.4 cm³/mol. The molecule has 0 aromatic rings. The van der Waals surface area contributed by atoms with Gasteiger partial charge in [0.25, 0.3) is 0 Å². The largest absolute Gasteiger partial charge is 0.375 e. The lowest BCUT2D eigenvalue weighted by Gasteiger charge is -2.50. The quantitative estimate of drug-likeness (QED) is 0.774. The molecule has 2 heterocycles. The summed E-state index contributed by atoms with van der Waals surface area (Å²) in [5.74, 6) is 1.59. The lowest BCUT2D eigenvalue weighted by Crippen LogP contribution is -2.62. The molecule has 3 nitrogen and oxygen atoms in total. The van der Waals surface area contributed by atoms with Gasteiger partial charge in [-0.1, -0.05) is 20.3 Å². The number of morpholine rings is 1. The van der Waals surface area contributed by atoms with E-state index in [0.29, 0.717) is 18.3 Å². The van der Waals surface area contributed by atoms with E-state index in [-0.39, 0.29) is 0 Å². The molecule has 1 aliphatic carbocycles. The molecule has 5 atom stereocenters. The SMILES string of the molecule is CC1CCC(N2CCOC3C(C)CCCC32)NC1. The van der Waals surface area contributed by atoms with E-state index in [2.05, 4.69) is 24.1 Å². The summed E-state index contributed by atoms with van der Waals surface area (Å²) in [6.45, 7) is 7.97. The van der Waals surface area contributed by atoms with Crippen molar-refractivity contribution in [2.75, 3.05) is 19.7 Å². The van der Waals surface area contributed by atoms with Crippen LogP contribution in [0.15, 0.2) is 0 Å². The molecule has 0 aromatic carbocycles. The van der Waals surface area contributed by atoms with E-state index in [4.69, 9.17) is 4.74 Å². The molecular formula is C15H28N2O. The second-order valence-electron chi connectivity index (χ2n) is 6.66. The topological polar surface area (TPSA) is 24.5 Å². The molecule has 3 rings (SSSR count). The van der Waals surface area contributed by atoms with Crippen LogP contribution in [-0.4, -0.2) is 42.9 Å². The molecule has 0 amide bonds. The summed E-state index contributed by atoms with van der Waals surface area (Å²) in [4.78, 5) is 2.73. The molecule has 2 aliphatic heterocycles. The lowest BCUT2D eigenvalue weighted by atomic mass is 9.82. The first-order valence-corrected chi connectivity index (χ1v) is 7.86. The van der Waals surface area contributed by atoms with Crippen LogP contribution in [0.2, 0.25) is 0 Å². The second kappa shape index (κ2) is 5.48. The summed E-state index contributed by atoms with van der Waals surface area (Å²) >= 11 is 0. The Labute approximate surface area is 111 Å². The van der Waals surface area contributed by atoms with Gasteiger partial charge in [0.1, 0.15) is 0 Å². The molecule has 18 heavy (non-hydrogen) atoms. The van der Waals surface area contributed by atoms with E-state index < -0.39 is 0 Å². The first-order valence-electron chi connectivity index (χ1n) is 7.86. The summed E-state index contributed by atoms with van der Waals surface area (Å²) in [5, 5.41) is 3.76. The Morgan fingerprint density at radius 1 is 1.11 bits per heavy atom. The van der Waals surface area contributed by atoms with Crippen molar-refractivity contribution in [3.63, 3.8) is 0 Å². The zero-order chi connectivity index (χ0) is 12.5. The molecular weight excluding hydrogens is 224 g/mol. The summed E-state index contributed by atoms with van der Waals surface area (Å²) < 4.78 is 6.07. The number of nitrogens with one attached hydrogen (secondary N) is 1. The third-order valence-electron chi connectivity index (χ3n) is 5.22. The molecule has 0 spiro atoms. The van der Waals surface area contributed by atoms with E-state index in [1.54, 1.807) is 0 Å². The van der Waals surface area contributed by atoms with E-state index >= 15 is 0 Å². The highest BCUT2D eigenvalue weighted by Crippen LogP contribution is 2.34. The first kappa shape index (κ1) is 12.9. The zero-order valence-electron chi connectivity index (χ0n) is 11.9. The van der Waals surface area contributed by atoms with Crippen molar-refractivity contribution >= 4 is 0 Å². The fourth-order valence-electron chi connectivity index (χ4n) is 4.10. The maximum atomic E-state index is 6.07. The average molecular weight is 252 g/mol. The van der Waals surface area contributed by atoms with Gasteiger partial charge in [-0.25, -0.2) is 0 Å². The molecule has 1 N–H and O–H groups in total. The van der Waals surface area contributed by atoms with E-state index in [9.17, 15) is 0 Å². The second-order valence-corrected chi connectivity index (χ2v) is 6.66. The van der Waals surface area contributed by atoms with Crippen molar-refractivity contribution in [1.82, 2.24) is 10.2 Å². The maximum Gasteiger partial charge on any atom is 0.0756 e. The summed E-state index contributed by atoms with van der Waals surface area (Å²) in [6, 6.07) is 0.674. The maximum absolute atomic E-state index is 6.07. The molecule has 0 radical (unpaired) electrons. The summed E-state index contributed by atoms with van der Waals surface area (Å²) in [6.07, 6.45) is 7.87. The molecule has 5 unspecified atom stereocenters. The minimum absolute atomic E-state index is 0.494. The molecule has 2 saturated heterocycles. The molecule has 3 fully saturated rings. The number of ether oxygens (including phenoxy) is 1. The van der Waals surface area contributed by atoms with Crippen molar-refractivity contribution in [3.8, 4) is 0 Å². The Hall–Kier alpha value is -0.120. The third-order valence-corrected chi connectivity index (χ3v) is 5.22. The fraction of sp³-hybridized carbons (Fsp3) is 1.00. The molecule has 0 bridgehead atoms. The number of rotatable bonds is 1. The normalized spacial score (nSPS) is 46.7. The highest BCUT2D eigenvalue weighted by Gasteiger charge is 2.41. The first-order chi connectivity index (χ1) is 8.75. The highest BCUT2D eigenvalue weighted by atomic mass is 16.5. The van der Waals surface area contributed by atoms with Gasteiger partial charge in [-0.05, 0) is 44.1 Å². The Morgan fingerprint density at radius 3 is 2.78 bits per heavy atom. The third kappa shape index (κ3) is 2.45. The van der Waals surface area contributed by atoms with Gasteiger partial charge in [-0.2, -0.15) is 0 Å². The summed E-state index contributed by atoms with van der Waals surface area (Å²) in [5.41, 5.74) is 0. The van der Waals surface area contributed by atoms with Crippen LogP contribution in [0.3, 0.4) is 0 Å². The van der Waals surface area contributed by atoms with E-state index in [0.717, 1.165) is 25.0 Å². The van der Waals surface area contributed by atoms with Crippen molar-refractivity contribution in [1.29, 1.82) is 0 Å². The van der Waals surface area contributed by atoms with Crippen LogP contribution in [0, 0.1) is 11.8 Å². The Balaban J connectivity index is 1.67. The number of nitrogens with zero attached hydrogens (tertiary/aromatic N) is 1. The number of fused-ring (bicyclic) bond motifs is 1. The fourth-order valence-corrected chi connectivity index (χ4v) is 4.10. The van der Waals surface area contributed by atoms with Gasteiger partial charge < -0.3 is 10.1 Å². The Kier molecular flexibility index (Phi) is 3.92. The van der Waals surface area contributed by atoms with Crippen molar-refractivity contribution in [2.24, 2.45) is 11.8 Å². The van der Waals surface area contributed by atoms with Gasteiger partial charge in [0.05, 0.1) is 18.9 Å². The van der Waals surface area contributed by atoms with E-state index in [1.807, 2.05) is 0 Å². The van der Waals surface area contributed by atoms with Gasteiger partial charge in [0.2, 0.25) is 0 Å². The van der Waals surface area contributed by atoms with Gasteiger partial charge in [0, 0.05) is 12.6 Å². The monoisotopic (exact) mass is 252 g/mol. The molecule has 1 saturated carbocycles. The van der Waals surface area contributed by atoms with Crippen molar-refractivity contribution < 1.29 is 4.74 Å².